The third kappa shape index (κ3) is 9.09. The molecule has 0 aliphatic heterocycles. The molecule has 5 heteroatoms. The second kappa shape index (κ2) is 17.4. The van der Waals surface area contributed by atoms with Crippen molar-refractivity contribution >= 4 is 22.1 Å². The van der Waals surface area contributed by atoms with Crippen molar-refractivity contribution in [3.05, 3.63) is 161 Å². The number of fused-ring (bicyclic) bond motifs is 3. The summed E-state index contributed by atoms with van der Waals surface area (Å²) >= 11 is 0. The van der Waals surface area contributed by atoms with Gasteiger partial charge in [0.1, 0.15) is 0 Å². The molecule has 1 saturated carbocycles. The summed E-state index contributed by atoms with van der Waals surface area (Å²) in [5, 5.41) is 1.17. The Balaban J connectivity index is 0.000000251. The molecule has 4 aromatic carbocycles. The smallest absolute Gasteiger partial charge is 0.216 e. The molecule has 8 aromatic rings. The van der Waals surface area contributed by atoms with Gasteiger partial charge in [0.15, 0.2) is 0 Å². The van der Waals surface area contributed by atoms with Crippen LogP contribution in [-0.2, 0) is 25.5 Å². The van der Waals surface area contributed by atoms with Crippen molar-refractivity contribution < 1.29 is 43.7 Å². The van der Waals surface area contributed by atoms with Crippen LogP contribution in [0.25, 0.3) is 66.8 Å². The largest absolute Gasteiger partial charge is 0.486 e. The predicted molar refractivity (Wildman–Crippen MR) is 246 cm³/mol. The maximum absolute atomic E-state index is 9.25. The van der Waals surface area contributed by atoms with Crippen LogP contribution >= 0.6 is 0 Å². The molecule has 1 aliphatic carbocycles. The Morgan fingerprint density at radius 3 is 2.27 bits per heavy atom. The zero-order valence-corrected chi connectivity index (χ0v) is 36.7. The summed E-state index contributed by atoms with van der Waals surface area (Å²) in [7, 11) is 0. The number of hydrogen-bond acceptors (Lipinski definition) is 4. The quantitative estimate of drug-likeness (QED) is 0.161. The Hall–Kier alpha value is -5.22. The van der Waals surface area contributed by atoms with Crippen LogP contribution in [0.3, 0.4) is 0 Å². The second-order valence-electron chi connectivity index (χ2n) is 17.0. The van der Waals surface area contributed by atoms with Gasteiger partial charge in [-0.3, -0.25) is 0 Å². The van der Waals surface area contributed by atoms with E-state index in [1.54, 1.807) is 24.3 Å². The van der Waals surface area contributed by atoms with E-state index in [1.807, 2.05) is 48.7 Å². The van der Waals surface area contributed by atoms with Crippen molar-refractivity contribution in [2.75, 3.05) is 0 Å². The molecule has 0 unspecified atom stereocenters. The van der Waals surface area contributed by atoms with E-state index in [1.165, 1.54) is 24.3 Å². The number of aryl methyl sites for hydroxylation is 4. The topological polar surface area (TPSA) is 51.8 Å². The number of rotatable bonds is 5. The molecule has 1 radical (unpaired) electrons. The first-order valence-electron chi connectivity index (χ1n) is 26.8. The van der Waals surface area contributed by atoms with Crippen molar-refractivity contribution in [3.8, 4) is 44.8 Å². The van der Waals surface area contributed by atoms with E-state index < -0.39 is 33.3 Å². The van der Waals surface area contributed by atoms with Gasteiger partial charge < -0.3 is 14.4 Å². The molecule has 0 spiro atoms. The molecule has 0 amide bonds. The van der Waals surface area contributed by atoms with E-state index in [0.29, 0.717) is 45.9 Å². The average Bonchev–Trinajstić information content (AvgIpc) is 3.69. The zero-order valence-electron chi connectivity index (χ0n) is 48.3. The molecule has 307 valence electrons. The summed E-state index contributed by atoms with van der Waals surface area (Å²) in [6.07, 6.45) is 5.62. The summed E-state index contributed by atoms with van der Waals surface area (Å²) in [4.78, 5) is 13.2. The molecule has 0 bridgehead atoms. The first kappa shape index (κ1) is 28.3. The van der Waals surface area contributed by atoms with E-state index in [9.17, 15) is 1.37 Å². The van der Waals surface area contributed by atoms with E-state index in [-0.39, 0.29) is 81.9 Å². The van der Waals surface area contributed by atoms with Gasteiger partial charge in [-0.25, -0.2) is 4.98 Å². The Labute approximate surface area is 390 Å². The van der Waals surface area contributed by atoms with Gasteiger partial charge >= 0.3 is 0 Å². The van der Waals surface area contributed by atoms with Gasteiger partial charge in [-0.1, -0.05) is 125 Å². The molecule has 60 heavy (non-hydrogen) atoms. The van der Waals surface area contributed by atoms with Crippen molar-refractivity contribution in [1.82, 2.24) is 15.0 Å². The fourth-order valence-electron chi connectivity index (χ4n) is 7.55. The van der Waals surface area contributed by atoms with Crippen LogP contribution in [0.15, 0.2) is 120 Å². The number of nitrogens with zero attached hydrogens (tertiary/aromatic N) is 3. The Bertz CT molecular complexity index is 3320. The average molecular weight is 980 g/mol. The van der Waals surface area contributed by atoms with Crippen molar-refractivity contribution in [1.29, 1.82) is 0 Å². The van der Waals surface area contributed by atoms with Crippen molar-refractivity contribution in [3.63, 3.8) is 0 Å². The molecular weight excluding hydrogens is 911 g/mol. The molecule has 4 nitrogen and oxygen atoms in total. The van der Waals surface area contributed by atoms with E-state index in [0.717, 1.165) is 41.4 Å². The van der Waals surface area contributed by atoms with Gasteiger partial charge in [0.2, 0.25) is 5.71 Å². The third-order valence-corrected chi connectivity index (χ3v) is 11.2. The van der Waals surface area contributed by atoms with Crippen LogP contribution < -0.4 is 0 Å². The fourth-order valence-corrected chi connectivity index (χ4v) is 7.55. The summed E-state index contributed by atoms with van der Waals surface area (Å²) in [6, 6.07) is 33.8. The molecule has 0 N–H and O–H groups in total. The van der Waals surface area contributed by atoms with Crippen LogP contribution in [0.5, 0.6) is 0 Å². The van der Waals surface area contributed by atoms with Gasteiger partial charge in [-0.2, -0.15) is 0 Å². The molecule has 9 rings (SSSR count). The Morgan fingerprint density at radius 1 is 0.767 bits per heavy atom. The second-order valence-corrected chi connectivity index (χ2v) is 17.0. The Kier molecular flexibility index (Phi) is 8.22. The maximum atomic E-state index is 9.25. The molecule has 0 atom stereocenters. The number of pyridine rings is 3. The fraction of sp³-hybridized carbons (Fsp3) is 0.291. The van der Waals surface area contributed by atoms with Gasteiger partial charge in [0.05, 0.1) is 6.95 Å². The van der Waals surface area contributed by atoms with Crippen LogP contribution in [0.1, 0.15) is 119 Å². The first-order valence-corrected chi connectivity index (χ1v) is 19.8. The molecule has 0 saturated heterocycles. The number of hydrogen-bond donors (Lipinski definition) is 0. The first-order chi connectivity index (χ1) is 33.8. The SMILES string of the molecule is [2H]C([2H])([2H])c1c[c-]c(-c2ccc(C(C)(C)C)cn2)cc1-c1ccccc1.[2H]c1cc(C2([2H])CCC(C)(C)CC2)cc(C([2H])([2H])[2H])c1-c1cc(-c2[c-]ccc3c2oc2nc(C([2H])([2H])[2H])ccc23)ncc1C([2H])([2H])[2H].[Ir]. The number of furan rings is 1. The maximum Gasteiger partial charge on any atom is 0.216 e. The van der Waals surface area contributed by atoms with Crippen molar-refractivity contribution in [2.45, 2.75) is 99.0 Å². The van der Waals surface area contributed by atoms with Crippen molar-refractivity contribution in [2.24, 2.45) is 5.41 Å². The minimum atomic E-state index is -2.72. The normalized spacial score (nSPS) is 18.9. The number of benzene rings is 4. The van der Waals surface area contributed by atoms with Crippen LogP contribution in [0.2, 0.25) is 0 Å². The minimum absolute atomic E-state index is 0. The molecule has 4 heterocycles. The predicted octanol–water partition coefficient (Wildman–Crippen LogP) is 14.9. The van der Waals surface area contributed by atoms with Crippen LogP contribution in [-0.4, -0.2) is 15.0 Å². The van der Waals surface area contributed by atoms with Crippen LogP contribution in [0.4, 0.5) is 0 Å². The summed E-state index contributed by atoms with van der Waals surface area (Å²) in [5.74, 6) is -1.07. The van der Waals surface area contributed by atoms with E-state index in [2.05, 4.69) is 67.8 Å². The standard InChI is InChI=1S/C33H33N2O.C22H22N.Ir/c1-20-17-24(23-13-15-33(4,5)16-14-23)10-12-25(20)29-18-30(34-19-21(29)2)28-8-6-7-26-27-11-9-22(3)35-32(27)36-31(26)28;1-16-10-11-18(14-20(16)17-8-6-5-7-9-17)21-13-12-19(15-23-21)22(2,3)4;/h6-7,9-12,17-19,23H,13-16H2,1-5H3;5-10,12-15H,1-4H3;/q2*-1;/i1D3,2D3,3D3,12D,23D;1D3;. The molecular formula is C55H55IrN3O-2. The van der Waals surface area contributed by atoms with Gasteiger partial charge in [-0.05, 0) is 125 Å². The van der Waals surface area contributed by atoms with E-state index in [4.69, 9.17) is 22.2 Å². The molecule has 1 aliphatic rings. The minimum Gasteiger partial charge on any atom is -0.486 e. The van der Waals surface area contributed by atoms with Gasteiger partial charge in [0, 0.05) is 61.4 Å². The van der Waals surface area contributed by atoms with Gasteiger partial charge in [0.25, 0.3) is 0 Å². The summed E-state index contributed by atoms with van der Waals surface area (Å²) in [5.41, 5.74) is 5.43. The molecule has 4 aromatic heterocycles. The number of aromatic nitrogens is 3. The van der Waals surface area contributed by atoms with E-state index >= 15 is 0 Å². The summed E-state index contributed by atoms with van der Waals surface area (Å²) < 4.78 is 121. The monoisotopic (exact) mass is 980 g/mol. The van der Waals surface area contributed by atoms with Gasteiger partial charge in [-0.15, -0.1) is 47.5 Å². The third-order valence-electron chi connectivity index (χ3n) is 11.2. The molecule has 1 fully saturated rings. The van der Waals surface area contributed by atoms with Crippen LogP contribution in [0, 0.1) is 45.0 Å². The summed E-state index contributed by atoms with van der Waals surface area (Å²) in [6.45, 7) is 0.671. The zero-order chi connectivity index (χ0) is 53.3. The Morgan fingerprint density at radius 2 is 1.55 bits per heavy atom.